The van der Waals surface area contributed by atoms with Crippen molar-refractivity contribution in [2.45, 2.75) is 0 Å². The summed E-state index contributed by atoms with van der Waals surface area (Å²) in [6, 6.07) is 10.9. The summed E-state index contributed by atoms with van der Waals surface area (Å²) in [5.74, 6) is -0.545. The SMILES string of the molecule is C=CCOC(=O)C(=Nc1ccc(OC)cc1)c1ccc(OC)c(F)c1. The van der Waals surface area contributed by atoms with Crippen molar-refractivity contribution >= 4 is 17.4 Å². The second-order valence-electron chi connectivity index (χ2n) is 4.89. The monoisotopic (exact) mass is 343 g/mol. The number of rotatable bonds is 7. The summed E-state index contributed by atoms with van der Waals surface area (Å²) in [6.07, 6.45) is 1.44. The third-order valence-electron chi connectivity index (χ3n) is 3.26. The molecule has 0 heterocycles. The van der Waals surface area contributed by atoms with Gasteiger partial charge in [0.2, 0.25) is 0 Å². The Kier molecular flexibility index (Phi) is 6.28. The van der Waals surface area contributed by atoms with Crippen molar-refractivity contribution in [1.82, 2.24) is 0 Å². The fourth-order valence-corrected chi connectivity index (χ4v) is 2.03. The topological polar surface area (TPSA) is 57.1 Å². The van der Waals surface area contributed by atoms with Gasteiger partial charge < -0.3 is 14.2 Å². The van der Waals surface area contributed by atoms with Crippen LogP contribution in [0.5, 0.6) is 11.5 Å². The molecule has 5 nitrogen and oxygen atoms in total. The Labute approximate surface area is 145 Å². The van der Waals surface area contributed by atoms with Gasteiger partial charge in [-0.15, -0.1) is 0 Å². The largest absolute Gasteiger partial charge is 0.497 e. The maximum absolute atomic E-state index is 14.0. The Balaban J connectivity index is 2.44. The van der Waals surface area contributed by atoms with Gasteiger partial charge in [0, 0.05) is 5.56 Å². The van der Waals surface area contributed by atoms with Crippen LogP contribution in [-0.4, -0.2) is 32.5 Å². The summed E-state index contributed by atoms with van der Waals surface area (Å²) in [5, 5.41) is 0. The molecule has 0 fully saturated rings. The fraction of sp³-hybridized carbons (Fsp3) is 0.158. The molecule has 0 saturated carbocycles. The molecule has 0 atom stereocenters. The van der Waals surface area contributed by atoms with E-state index in [1.54, 1.807) is 37.4 Å². The number of carbonyl (C=O) groups excluding carboxylic acids is 1. The number of halogens is 1. The molecule has 0 aliphatic rings. The number of methoxy groups -OCH3 is 2. The third-order valence-corrected chi connectivity index (χ3v) is 3.26. The number of hydrogen-bond acceptors (Lipinski definition) is 5. The van der Waals surface area contributed by atoms with E-state index in [0.717, 1.165) is 0 Å². The molecule has 2 aromatic rings. The van der Waals surface area contributed by atoms with Crippen molar-refractivity contribution in [2.75, 3.05) is 20.8 Å². The molecule has 0 spiro atoms. The van der Waals surface area contributed by atoms with Gasteiger partial charge in [-0.1, -0.05) is 12.7 Å². The van der Waals surface area contributed by atoms with Crippen LogP contribution in [0, 0.1) is 5.82 Å². The summed E-state index contributed by atoms with van der Waals surface area (Å²) in [4.78, 5) is 16.6. The van der Waals surface area contributed by atoms with Gasteiger partial charge in [-0.3, -0.25) is 0 Å². The number of ether oxygens (including phenoxy) is 3. The second kappa shape index (κ2) is 8.63. The molecule has 6 heteroatoms. The number of esters is 1. The molecule has 0 amide bonds. The zero-order valence-electron chi connectivity index (χ0n) is 14.0. The van der Waals surface area contributed by atoms with E-state index in [-0.39, 0.29) is 23.6 Å². The van der Waals surface area contributed by atoms with Crippen molar-refractivity contribution in [3.05, 3.63) is 66.5 Å². The van der Waals surface area contributed by atoms with Crippen LogP contribution < -0.4 is 9.47 Å². The molecular formula is C19H18FNO4. The minimum absolute atomic E-state index is 0.0198. The first-order chi connectivity index (χ1) is 12.1. The van der Waals surface area contributed by atoms with Crippen LogP contribution in [0.4, 0.5) is 10.1 Å². The van der Waals surface area contributed by atoms with Gasteiger partial charge in [0.25, 0.3) is 0 Å². The van der Waals surface area contributed by atoms with Crippen molar-refractivity contribution in [3.8, 4) is 11.5 Å². The van der Waals surface area contributed by atoms with Crippen molar-refractivity contribution in [3.63, 3.8) is 0 Å². The van der Waals surface area contributed by atoms with E-state index in [1.165, 1.54) is 25.3 Å². The zero-order valence-corrected chi connectivity index (χ0v) is 14.0. The van der Waals surface area contributed by atoms with Crippen LogP contribution in [0.25, 0.3) is 0 Å². The van der Waals surface area contributed by atoms with E-state index < -0.39 is 11.8 Å². The van der Waals surface area contributed by atoms with E-state index in [4.69, 9.17) is 14.2 Å². The van der Waals surface area contributed by atoms with Gasteiger partial charge in [-0.2, -0.15) is 0 Å². The zero-order chi connectivity index (χ0) is 18.2. The molecule has 130 valence electrons. The van der Waals surface area contributed by atoms with Gasteiger partial charge >= 0.3 is 5.97 Å². The lowest BCUT2D eigenvalue weighted by atomic mass is 10.1. The molecule has 0 radical (unpaired) electrons. The number of benzene rings is 2. The molecular weight excluding hydrogens is 325 g/mol. The molecule has 0 N–H and O–H groups in total. The average molecular weight is 343 g/mol. The fourth-order valence-electron chi connectivity index (χ4n) is 2.03. The van der Waals surface area contributed by atoms with Gasteiger partial charge in [0.15, 0.2) is 17.3 Å². The Morgan fingerprint density at radius 2 is 1.88 bits per heavy atom. The molecule has 0 aliphatic heterocycles. The molecule has 0 aliphatic carbocycles. The lowest BCUT2D eigenvalue weighted by molar-refractivity contribution is -0.134. The first-order valence-corrected chi connectivity index (χ1v) is 7.43. The van der Waals surface area contributed by atoms with E-state index >= 15 is 0 Å². The van der Waals surface area contributed by atoms with E-state index in [0.29, 0.717) is 11.4 Å². The molecule has 25 heavy (non-hydrogen) atoms. The van der Waals surface area contributed by atoms with Gasteiger partial charge in [0.05, 0.1) is 19.9 Å². The molecule has 2 aromatic carbocycles. The van der Waals surface area contributed by atoms with Crippen molar-refractivity contribution < 1.29 is 23.4 Å². The van der Waals surface area contributed by atoms with Crippen LogP contribution in [-0.2, 0) is 9.53 Å². The summed E-state index contributed by atoms with van der Waals surface area (Å²) >= 11 is 0. The van der Waals surface area contributed by atoms with Gasteiger partial charge in [-0.05, 0) is 42.5 Å². The maximum Gasteiger partial charge on any atom is 0.357 e. The molecule has 0 saturated heterocycles. The van der Waals surface area contributed by atoms with E-state index in [9.17, 15) is 9.18 Å². The minimum Gasteiger partial charge on any atom is -0.497 e. The van der Waals surface area contributed by atoms with Crippen molar-refractivity contribution in [1.29, 1.82) is 0 Å². The van der Waals surface area contributed by atoms with E-state index in [1.807, 2.05) is 0 Å². The minimum atomic E-state index is -0.680. The Bertz CT molecular complexity index is 785. The normalized spacial score (nSPS) is 10.9. The molecule has 0 aromatic heterocycles. The first kappa shape index (κ1) is 18.2. The standard InChI is InChI=1S/C19H18FNO4/c1-4-11-25-19(22)18(13-5-10-17(24-3)16(20)12-13)21-14-6-8-15(23-2)9-7-14/h4-10,12H,1,11H2,2-3H3. The van der Waals surface area contributed by atoms with Crippen LogP contribution in [0.1, 0.15) is 5.56 Å². The quantitative estimate of drug-likeness (QED) is 0.437. The number of aliphatic imine (C=N–C) groups is 1. The smallest absolute Gasteiger partial charge is 0.357 e. The Morgan fingerprint density at radius 3 is 2.44 bits per heavy atom. The van der Waals surface area contributed by atoms with Crippen LogP contribution in [0.2, 0.25) is 0 Å². The lowest BCUT2D eigenvalue weighted by Crippen LogP contribution is -2.19. The summed E-state index contributed by atoms with van der Waals surface area (Å²) in [5.41, 5.74) is 0.763. The van der Waals surface area contributed by atoms with Gasteiger partial charge in [0.1, 0.15) is 12.4 Å². The highest BCUT2D eigenvalue weighted by Gasteiger charge is 2.18. The van der Waals surface area contributed by atoms with Crippen LogP contribution in [0.15, 0.2) is 60.1 Å². The lowest BCUT2D eigenvalue weighted by Gasteiger charge is -2.09. The Hall–Kier alpha value is -3.15. The molecule has 0 bridgehead atoms. The number of carbonyl (C=O) groups is 1. The van der Waals surface area contributed by atoms with Crippen molar-refractivity contribution in [2.24, 2.45) is 4.99 Å². The third kappa shape index (κ3) is 4.67. The highest BCUT2D eigenvalue weighted by molar-refractivity contribution is 6.43. The first-order valence-electron chi connectivity index (χ1n) is 7.43. The Morgan fingerprint density at radius 1 is 1.16 bits per heavy atom. The van der Waals surface area contributed by atoms with E-state index in [2.05, 4.69) is 11.6 Å². The summed E-state index contributed by atoms with van der Waals surface area (Å²) in [7, 11) is 2.92. The second-order valence-corrected chi connectivity index (χ2v) is 4.89. The molecule has 0 unspecified atom stereocenters. The predicted octanol–water partition coefficient (Wildman–Crippen LogP) is 3.69. The number of hydrogen-bond donors (Lipinski definition) is 0. The highest BCUT2D eigenvalue weighted by Crippen LogP contribution is 2.22. The summed E-state index contributed by atoms with van der Waals surface area (Å²) in [6.45, 7) is 3.52. The van der Waals surface area contributed by atoms with Crippen LogP contribution in [0.3, 0.4) is 0 Å². The molecule has 2 rings (SSSR count). The van der Waals surface area contributed by atoms with Crippen LogP contribution >= 0.6 is 0 Å². The van der Waals surface area contributed by atoms with Gasteiger partial charge in [-0.25, -0.2) is 14.2 Å². The highest BCUT2D eigenvalue weighted by atomic mass is 19.1. The predicted molar refractivity (Wildman–Crippen MR) is 93.3 cm³/mol. The average Bonchev–Trinajstić information content (AvgIpc) is 2.64. The maximum atomic E-state index is 14.0. The summed E-state index contributed by atoms with van der Waals surface area (Å²) < 4.78 is 29.0. The number of nitrogens with zero attached hydrogens (tertiary/aromatic N) is 1.